The first-order valence-electron chi connectivity index (χ1n) is 9.94. The van der Waals surface area contributed by atoms with Gasteiger partial charge in [0.25, 0.3) is 0 Å². The van der Waals surface area contributed by atoms with E-state index in [1.54, 1.807) is 0 Å². The Morgan fingerprint density at radius 2 is 2.07 bits per heavy atom. The quantitative estimate of drug-likeness (QED) is 0.690. The van der Waals surface area contributed by atoms with E-state index < -0.39 is 0 Å². The molecule has 1 aliphatic rings. The molecule has 1 aromatic carbocycles. The third-order valence-electron chi connectivity index (χ3n) is 5.62. The van der Waals surface area contributed by atoms with Gasteiger partial charge in [0.05, 0.1) is 11.3 Å². The molecule has 0 radical (unpaired) electrons. The Bertz CT molecular complexity index is 1060. The Morgan fingerprint density at radius 3 is 2.86 bits per heavy atom. The molecule has 1 amide bonds. The summed E-state index contributed by atoms with van der Waals surface area (Å²) in [6.07, 6.45) is 1.80. The van der Waals surface area contributed by atoms with Crippen molar-refractivity contribution < 1.29 is 9.21 Å². The number of aryl methyl sites for hydroxylation is 3. The van der Waals surface area contributed by atoms with Gasteiger partial charge in [0, 0.05) is 30.2 Å². The van der Waals surface area contributed by atoms with Gasteiger partial charge in [0.1, 0.15) is 17.4 Å². The second-order valence-corrected chi connectivity index (χ2v) is 8.06. The van der Waals surface area contributed by atoms with Crippen LogP contribution >= 0.6 is 11.6 Å². The number of amides is 1. The van der Waals surface area contributed by atoms with Crippen molar-refractivity contribution >= 4 is 34.4 Å². The summed E-state index contributed by atoms with van der Waals surface area (Å²) in [5.41, 5.74) is 2.60. The number of furan rings is 1. The first-order valence-corrected chi connectivity index (χ1v) is 10.3. The van der Waals surface area contributed by atoms with Gasteiger partial charge in [-0.15, -0.1) is 0 Å². The molecule has 6 nitrogen and oxygen atoms in total. The maximum atomic E-state index is 12.8. The van der Waals surface area contributed by atoms with E-state index in [2.05, 4.69) is 15.2 Å². The third kappa shape index (κ3) is 3.94. The van der Waals surface area contributed by atoms with Crippen LogP contribution < -0.4 is 10.2 Å². The Hall–Kier alpha value is -2.60. The van der Waals surface area contributed by atoms with E-state index >= 15 is 0 Å². The number of aromatic nitrogens is 2. The minimum atomic E-state index is -0.0927. The molecule has 1 fully saturated rings. The van der Waals surface area contributed by atoms with Crippen LogP contribution in [0.5, 0.6) is 0 Å². The molecule has 3 heterocycles. The lowest BCUT2D eigenvalue weighted by Crippen LogP contribution is -2.43. The van der Waals surface area contributed by atoms with E-state index in [1.807, 2.05) is 45.0 Å². The summed E-state index contributed by atoms with van der Waals surface area (Å²) in [6, 6.07) is 7.58. The van der Waals surface area contributed by atoms with E-state index in [0.717, 1.165) is 47.5 Å². The molecule has 4 rings (SSSR count). The minimum Gasteiger partial charge on any atom is -0.443 e. The summed E-state index contributed by atoms with van der Waals surface area (Å²) >= 11 is 6.20. The number of benzene rings is 1. The number of nitrogens with one attached hydrogen (secondary N) is 1. The van der Waals surface area contributed by atoms with Crippen LogP contribution in [0.3, 0.4) is 0 Å². The largest absolute Gasteiger partial charge is 0.443 e. The molecule has 0 aliphatic carbocycles. The average molecular weight is 413 g/mol. The molecule has 3 aromatic rings. The zero-order valence-electron chi connectivity index (χ0n) is 17.0. The fourth-order valence-corrected chi connectivity index (χ4v) is 4.12. The highest BCUT2D eigenvalue weighted by molar-refractivity contribution is 6.31. The van der Waals surface area contributed by atoms with Gasteiger partial charge in [-0.2, -0.15) is 4.98 Å². The monoisotopic (exact) mass is 412 g/mol. The second kappa shape index (κ2) is 8.03. The van der Waals surface area contributed by atoms with Crippen molar-refractivity contribution in [3.05, 3.63) is 52.0 Å². The average Bonchev–Trinajstić information content (AvgIpc) is 3.00. The van der Waals surface area contributed by atoms with Crippen LogP contribution in [-0.4, -0.2) is 29.0 Å². The maximum absolute atomic E-state index is 12.8. The van der Waals surface area contributed by atoms with Crippen molar-refractivity contribution in [1.29, 1.82) is 0 Å². The lowest BCUT2D eigenvalue weighted by atomic mass is 9.96. The zero-order chi connectivity index (χ0) is 20.5. The van der Waals surface area contributed by atoms with Crippen molar-refractivity contribution in [1.82, 2.24) is 15.3 Å². The van der Waals surface area contributed by atoms with Gasteiger partial charge in [0.2, 0.25) is 11.6 Å². The van der Waals surface area contributed by atoms with Crippen molar-refractivity contribution in [3.8, 4) is 0 Å². The summed E-state index contributed by atoms with van der Waals surface area (Å²) < 4.78 is 5.81. The van der Waals surface area contributed by atoms with Crippen LogP contribution in [-0.2, 0) is 11.3 Å². The molecular weight excluding hydrogens is 388 g/mol. The van der Waals surface area contributed by atoms with Gasteiger partial charge >= 0.3 is 0 Å². The second-order valence-electron chi connectivity index (χ2n) is 7.65. The topological polar surface area (TPSA) is 71.3 Å². The predicted molar refractivity (Wildman–Crippen MR) is 114 cm³/mol. The molecule has 0 unspecified atom stereocenters. The molecule has 0 spiro atoms. The SMILES string of the molecule is Cc1nc(N2CCC[C@H](C(=O)NCc3ccccc3Cl)C2)c2c(C)c(C)oc2n1. The van der Waals surface area contributed by atoms with Gasteiger partial charge in [-0.1, -0.05) is 29.8 Å². The van der Waals surface area contributed by atoms with Gasteiger partial charge in [-0.25, -0.2) is 4.98 Å². The first-order chi connectivity index (χ1) is 13.9. The van der Waals surface area contributed by atoms with Gasteiger partial charge < -0.3 is 14.6 Å². The van der Waals surface area contributed by atoms with Crippen molar-refractivity contribution in [2.75, 3.05) is 18.0 Å². The van der Waals surface area contributed by atoms with Crippen molar-refractivity contribution in [2.45, 2.75) is 40.2 Å². The number of rotatable bonds is 4. The Morgan fingerprint density at radius 1 is 1.28 bits per heavy atom. The number of halogens is 1. The molecule has 1 aliphatic heterocycles. The summed E-state index contributed by atoms with van der Waals surface area (Å²) in [5.74, 6) is 2.35. The maximum Gasteiger partial charge on any atom is 0.231 e. The molecule has 29 heavy (non-hydrogen) atoms. The number of fused-ring (bicyclic) bond motifs is 1. The van der Waals surface area contributed by atoms with Crippen LogP contribution in [0.1, 0.15) is 35.6 Å². The number of nitrogens with zero attached hydrogens (tertiary/aromatic N) is 3. The molecule has 7 heteroatoms. The molecule has 0 saturated carbocycles. The molecule has 0 bridgehead atoms. The van der Waals surface area contributed by atoms with E-state index in [1.165, 1.54) is 0 Å². The Labute approximate surface area is 175 Å². The minimum absolute atomic E-state index is 0.0525. The molecule has 2 aromatic heterocycles. The fraction of sp³-hybridized carbons (Fsp3) is 0.409. The third-order valence-corrected chi connectivity index (χ3v) is 5.99. The van der Waals surface area contributed by atoms with Crippen LogP contribution in [0.15, 0.2) is 28.7 Å². The van der Waals surface area contributed by atoms with Crippen LogP contribution in [0.4, 0.5) is 5.82 Å². The molecule has 1 atom stereocenters. The summed E-state index contributed by atoms with van der Waals surface area (Å²) in [5, 5.41) is 4.66. The summed E-state index contributed by atoms with van der Waals surface area (Å²) in [7, 11) is 0. The number of hydrogen-bond acceptors (Lipinski definition) is 5. The number of piperidine rings is 1. The smallest absolute Gasteiger partial charge is 0.231 e. The number of carbonyl (C=O) groups is 1. The highest BCUT2D eigenvalue weighted by Gasteiger charge is 2.29. The molecular formula is C22H25ClN4O2. The Kier molecular flexibility index (Phi) is 5.46. The van der Waals surface area contributed by atoms with Gasteiger partial charge in [-0.05, 0) is 45.2 Å². The van der Waals surface area contributed by atoms with E-state index in [0.29, 0.717) is 29.7 Å². The Balaban J connectivity index is 1.52. The van der Waals surface area contributed by atoms with Crippen LogP contribution in [0.25, 0.3) is 11.1 Å². The van der Waals surface area contributed by atoms with Crippen LogP contribution in [0.2, 0.25) is 5.02 Å². The normalized spacial score (nSPS) is 17.0. The molecule has 1 N–H and O–H groups in total. The van der Waals surface area contributed by atoms with Gasteiger partial charge in [0.15, 0.2) is 0 Å². The standard InChI is InChI=1S/C22H25ClN4O2/c1-13-14(2)29-22-19(13)20(25-15(3)26-22)27-10-6-8-17(12-27)21(28)24-11-16-7-4-5-9-18(16)23/h4-5,7,9,17H,6,8,10-12H2,1-3H3,(H,24,28)/t17-/m0/s1. The number of anilines is 1. The number of carbonyl (C=O) groups excluding carboxylic acids is 1. The van der Waals surface area contributed by atoms with Crippen LogP contribution in [0, 0.1) is 26.7 Å². The van der Waals surface area contributed by atoms with E-state index in [9.17, 15) is 4.79 Å². The lowest BCUT2D eigenvalue weighted by molar-refractivity contribution is -0.125. The highest BCUT2D eigenvalue weighted by Crippen LogP contribution is 2.33. The summed E-state index contributed by atoms with van der Waals surface area (Å²) in [4.78, 5) is 24.2. The number of hydrogen-bond donors (Lipinski definition) is 1. The van der Waals surface area contributed by atoms with E-state index in [4.69, 9.17) is 21.0 Å². The zero-order valence-corrected chi connectivity index (χ0v) is 17.7. The first kappa shape index (κ1) is 19.7. The van der Waals surface area contributed by atoms with Gasteiger partial charge in [-0.3, -0.25) is 4.79 Å². The van der Waals surface area contributed by atoms with Crippen molar-refractivity contribution in [3.63, 3.8) is 0 Å². The van der Waals surface area contributed by atoms with Crippen molar-refractivity contribution in [2.24, 2.45) is 5.92 Å². The fourth-order valence-electron chi connectivity index (χ4n) is 3.91. The molecule has 152 valence electrons. The summed E-state index contributed by atoms with van der Waals surface area (Å²) in [6.45, 7) is 7.77. The lowest BCUT2D eigenvalue weighted by Gasteiger charge is -2.33. The molecule has 1 saturated heterocycles. The van der Waals surface area contributed by atoms with E-state index in [-0.39, 0.29) is 11.8 Å². The predicted octanol–water partition coefficient (Wildman–Crippen LogP) is 4.33. The highest BCUT2D eigenvalue weighted by atomic mass is 35.5.